The van der Waals surface area contributed by atoms with Gasteiger partial charge in [0.2, 0.25) is 0 Å². The topological polar surface area (TPSA) is 83.8 Å². The fraction of sp³-hybridized carbons (Fsp3) is 0.167. The van der Waals surface area contributed by atoms with E-state index in [1.54, 1.807) is 6.07 Å². The Morgan fingerprint density at radius 3 is 2.82 bits per heavy atom. The Labute approximate surface area is 99.0 Å². The van der Waals surface area contributed by atoms with Crippen molar-refractivity contribution in [2.45, 2.75) is 13.0 Å². The fourth-order valence-corrected chi connectivity index (χ4v) is 1.58. The molecule has 0 saturated heterocycles. The molecule has 5 nitrogen and oxygen atoms in total. The lowest BCUT2D eigenvalue weighted by Gasteiger charge is -2.12. The first-order valence-electron chi connectivity index (χ1n) is 5.33. The van der Waals surface area contributed by atoms with E-state index in [1.165, 1.54) is 6.20 Å². The largest absolute Gasteiger partial charge is 0.324 e. The van der Waals surface area contributed by atoms with Gasteiger partial charge < -0.3 is 11.1 Å². The number of nitrogens with zero attached hydrogens (tertiary/aromatic N) is 1. The van der Waals surface area contributed by atoms with Crippen molar-refractivity contribution in [1.82, 2.24) is 10.2 Å². The summed E-state index contributed by atoms with van der Waals surface area (Å²) < 4.78 is 0. The number of hydrogen-bond acceptors (Lipinski definition) is 3. The van der Waals surface area contributed by atoms with Crippen LogP contribution in [0.25, 0.3) is 0 Å². The Bertz CT molecular complexity index is 505. The van der Waals surface area contributed by atoms with Gasteiger partial charge in [-0.15, -0.1) is 0 Å². The van der Waals surface area contributed by atoms with Gasteiger partial charge in [-0.05, 0) is 24.6 Å². The Morgan fingerprint density at radius 1 is 1.41 bits per heavy atom. The summed E-state index contributed by atoms with van der Waals surface area (Å²) in [5.74, 6) is -0.226. The van der Waals surface area contributed by atoms with E-state index in [1.807, 2.05) is 31.2 Å². The maximum Gasteiger partial charge on any atom is 0.273 e. The third kappa shape index (κ3) is 2.51. The molecule has 1 unspecified atom stereocenters. The molecule has 1 heterocycles. The molecule has 2 rings (SSSR count). The van der Waals surface area contributed by atoms with Gasteiger partial charge in [0.25, 0.3) is 5.91 Å². The van der Waals surface area contributed by atoms with E-state index in [-0.39, 0.29) is 11.9 Å². The second-order valence-corrected chi connectivity index (χ2v) is 3.80. The van der Waals surface area contributed by atoms with Gasteiger partial charge in [-0.1, -0.05) is 18.2 Å². The predicted molar refractivity (Wildman–Crippen MR) is 65.6 cm³/mol. The molecule has 1 amide bonds. The summed E-state index contributed by atoms with van der Waals surface area (Å²) in [4.78, 5) is 11.8. The van der Waals surface area contributed by atoms with Crippen LogP contribution in [0.3, 0.4) is 0 Å². The van der Waals surface area contributed by atoms with Crippen molar-refractivity contribution in [2.24, 2.45) is 5.73 Å². The third-order valence-corrected chi connectivity index (χ3v) is 2.44. The second kappa shape index (κ2) is 4.80. The third-order valence-electron chi connectivity index (χ3n) is 2.44. The van der Waals surface area contributed by atoms with E-state index in [2.05, 4.69) is 15.5 Å². The number of carbonyl (C=O) groups is 1. The number of anilines is 1. The van der Waals surface area contributed by atoms with Crippen LogP contribution >= 0.6 is 0 Å². The highest BCUT2D eigenvalue weighted by atomic mass is 16.1. The quantitative estimate of drug-likeness (QED) is 0.750. The Balaban J connectivity index is 2.22. The number of aromatic amines is 1. The number of nitrogens with two attached hydrogens (primary N) is 1. The molecular weight excluding hydrogens is 216 g/mol. The fourth-order valence-electron chi connectivity index (χ4n) is 1.58. The minimum Gasteiger partial charge on any atom is -0.324 e. The van der Waals surface area contributed by atoms with Crippen molar-refractivity contribution in [3.63, 3.8) is 0 Å². The molecule has 0 spiro atoms. The van der Waals surface area contributed by atoms with E-state index in [4.69, 9.17) is 5.73 Å². The van der Waals surface area contributed by atoms with Gasteiger partial charge >= 0.3 is 0 Å². The number of benzene rings is 1. The zero-order valence-electron chi connectivity index (χ0n) is 9.47. The molecule has 1 atom stereocenters. The van der Waals surface area contributed by atoms with Crippen LogP contribution < -0.4 is 11.1 Å². The van der Waals surface area contributed by atoms with Crippen LogP contribution in [0.2, 0.25) is 0 Å². The molecule has 0 radical (unpaired) electrons. The highest BCUT2D eigenvalue weighted by Gasteiger charge is 2.11. The summed E-state index contributed by atoms with van der Waals surface area (Å²) >= 11 is 0. The first kappa shape index (κ1) is 11.3. The number of nitrogens with one attached hydrogen (secondary N) is 2. The molecule has 2 aromatic rings. The number of aromatic nitrogens is 2. The summed E-state index contributed by atoms with van der Waals surface area (Å²) in [7, 11) is 0. The van der Waals surface area contributed by atoms with Crippen LogP contribution in [0.1, 0.15) is 29.0 Å². The maximum atomic E-state index is 11.8. The molecule has 0 aliphatic carbocycles. The normalized spacial score (nSPS) is 12.1. The van der Waals surface area contributed by atoms with Crippen molar-refractivity contribution < 1.29 is 4.79 Å². The maximum absolute atomic E-state index is 11.8. The van der Waals surface area contributed by atoms with Crippen molar-refractivity contribution in [3.8, 4) is 0 Å². The summed E-state index contributed by atoms with van der Waals surface area (Å²) in [5.41, 5.74) is 7.89. The lowest BCUT2D eigenvalue weighted by molar-refractivity contribution is 0.102. The van der Waals surface area contributed by atoms with Gasteiger partial charge in [-0.3, -0.25) is 9.89 Å². The molecule has 0 aliphatic rings. The van der Waals surface area contributed by atoms with Crippen LogP contribution in [-0.4, -0.2) is 16.1 Å². The van der Waals surface area contributed by atoms with Gasteiger partial charge in [0.1, 0.15) is 5.69 Å². The van der Waals surface area contributed by atoms with Crippen molar-refractivity contribution in [2.75, 3.05) is 5.32 Å². The molecule has 17 heavy (non-hydrogen) atoms. The first-order chi connectivity index (χ1) is 8.18. The highest BCUT2D eigenvalue weighted by molar-refractivity contribution is 6.03. The summed E-state index contributed by atoms with van der Waals surface area (Å²) in [6, 6.07) is 8.96. The first-order valence-corrected chi connectivity index (χ1v) is 5.33. The minimum absolute atomic E-state index is 0.131. The monoisotopic (exact) mass is 230 g/mol. The molecule has 1 aromatic heterocycles. The zero-order valence-corrected chi connectivity index (χ0v) is 9.47. The minimum atomic E-state index is -0.226. The zero-order chi connectivity index (χ0) is 12.3. The summed E-state index contributed by atoms with van der Waals surface area (Å²) in [6.07, 6.45) is 1.53. The number of H-pyrrole nitrogens is 1. The van der Waals surface area contributed by atoms with Crippen LogP contribution in [-0.2, 0) is 0 Å². The summed E-state index contributed by atoms with van der Waals surface area (Å²) in [5, 5.41) is 9.15. The average molecular weight is 230 g/mol. The molecule has 5 heteroatoms. The smallest absolute Gasteiger partial charge is 0.273 e. The molecular formula is C12H14N4O. The molecule has 0 bridgehead atoms. The Hall–Kier alpha value is -2.14. The Kier molecular flexibility index (Phi) is 3.20. The van der Waals surface area contributed by atoms with Crippen molar-refractivity contribution in [1.29, 1.82) is 0 Å². The van der Waals surface area contributed by atoms with E-state index in [9.17, 15) is 4.79 Å². The lowest BCUT2D eigenvalue weighted by atomic mass is 10.1. The van der Waals surface area contributed by atoms with Gasteiger partial charge in [-0.2, -0.15) is 5.10 Å². The van der Waals surface area contributed by atoms with Gasteiger partial charge in [0.15, 0.2) is 0 Å². The highest BCUT2D eigenvalue weighted by Crippen LogP contribution is 2.21. The predicted octanol–water partition coefficient (Wildman–Crippen LogP) is 1.68. The molecule has 0 aliphatic heterocycles. The van der Waals surface area contributed by atoms with Crippen LogP contribution in [0.4, 0.5) is 5.69 Å². The Morgan fingerprint density at radius 2 is 2.18 bits per heavy atom. The SMILES string of the molecule is CC(N)c1ccccc1NC(=O)c1ccn[nH]1. The van der Waals surface area contributed by atoms with Crippen LogP contribution in [0, 0.1) is 0 Å². The molecule has 0 saturated carbocycles. The van der Waals surface area contributed by atoms with Gasteiger partial charge in [-0.25, -0.2) is 0 Å². The van der Waals surface area contributed by atoms with E-state index >= 15 is 0 Å². The van der Waals surface area contributed by atoms with Gasteiger partial charge in [0.05, 0.1) is 0 Å². The number of rotatable bonds is 3. The number of hydrogen-bond donors (Lipinski definition) is 3. The number of para-hydroxylation sites is 1. The molecule has 0 fully saturated rings. The number of carbonyl (C=O) groups excluding carboxylic acids is 1. The molecule has 4 N–H and O–H groups in total. The second-order valence-electron chi connectivity index (χ2n) is 3.80. The van der Waals surface area contributed by atoms with Gasteiger partial charge in [0, 0.05) is 17.9 Å². The standard InChI is InChI=1S/C12H14N4O/c1-8(13)9-4-2-3-5-10(9)15-12(17)11-6-7-14-16-11/h2-8H,13H2,1H3,(H,14,16)(H,15,17). The van der Waals surface area contributed by atoms with E-state index in [0.29, 0.717) is 5.69 Å². The number of amides is 1. The lowest BCUT2D eigenvalue weighted by Crippen LogP contribution is -2.16. The van der Waals surface area contributed by atoms with Crippen molar-refractivity contribution >= 4 is 11.6 Å². The van der Waals surface area contributed by atoms with Crippen LogP contribution in [0.15, 0.2) is 36.5 Å². The summed E-state index contributed by atoms with van der Waals surface area (Å²) in [6.45, 7) is 1.88. The van der Waals surface area contributed by atoms with E-state index in [0.717, 1.165) is 11.3 Å². The molecule has 88 valence electrons. The van der Waals surface area contributed by atoms with Crippen LogP contribution in [0.5, 0.6) is 0 Å². The van der Waals surface area contributed by atoms with Crippen molar-refractivity contribution in [3.05, 3.63) is 47.8 Å². The molecule has 1 aromatic carbocycles. The van der Waals surface area contributed by atoms with E-state index < -0.39 is 0 Å². The average Bonchev–Trinajstić information content (AvgIpc) is 2.83.